The lowest BCUT2D eigenvalue weighted by molar-refractivity contribution is -0.113. The highest BCUT2D eigenvalue weighted by Gasteiger charge is 2.16. The maximum Gasteiger partial charge on any atom is 0.234 e. The molecule has 0 bridgehead atoms. The standard InChI is InChI=1S/C24H21Cl2N5OS/c1-16-7-9-17(10-8-16)28-23(32)15-33-24-30-29-22(31(24)19-5-3-2-4-6-19)14-27-18-11-12-20(25)21(26)13-18/h2-13,27H,14-15H2,1H3,(H,28,32). The third-order valence-electron chi connectivity index (χ3n) is 4.75. The molecule has 0 aliphatic heterocycles. The lowest BCUT2D eigenvalue weighted by Crippen LogP contribution is -2.15. The number of rotatable bonds is 8. The van der Waals surface area contributed by atoms with E-state index in [0.717, 1.165) is 22.6 Å². The van der Waals surface area contributed by atoms with Crippen molar-refractivity contribution in [3.8, 4) is 5.69 Å². The second-order valence-electron chi connectivity index (χ2n) is 7.26. The van der Waals surface area contributed by atoms with Crippen molar-refractivity contribution < 1.29 is 4.79 Å². The van der Waals surface area contributed by atoms with Crippen molar-refractivity contribution in [1.29, 1.82) is 0 Å². The number of benzene rings is 3. The minimum Gasteiger partial charge on any atom is -0.378 e. The Hall–Kier alpha value is -3.00. The van der Waals surface area contributed by atoms with Crippen molar-refractivity contribution in [2.75, 3.05) is 16.4 Å². The number of nitrogens with zero attached hydrogens (tertiary/aromatic N) is 3. The van der Waals surface area contributed by atoms with Gasteiger partial charge in [-0.1, -0.05) is 70.9 Å². The molecule has 0 radical (unpaired) electrons. The molecule has 0 atom stereocenters. The summed E-state index contributed by atoms with van der Waals surface area (Å²) in [5.74, 6) is 0.801. The van der Waals surface area contributed by atoms with E-state index in [2.05, 4.69) is 20.8 Å². The van der Waals surface area contributed by atoms with Crippen LogP contribution in [0.3, 0.4) is 0 Å². The van der Waals surface area contributed by atoms with Gasteiger partial charge in [0.1, 0.15) is 0 Å². The molecule has 0 saturated heterocycles. The van der Waals surface area contributed by atoms with Crippen LogP contribution in [-0.2, 0) is 11.3 Å². The number of hydrogen-bond donors (Lipinski definition) is 2. The monoisotopic (exact) mass is 497 g/mol. The molecular weight excluding hydrogens is 477 g/mol. The number of carbonyl (C=O) groups excluding carboxylic acids is 1. The molecule has 4 aromatic rings. The molecule has 9 heteroatoms. The van der Waals surface area contributed by atoms with Crippen molar-refractivity contribution in [2.45, 2.75) is 18.6 Å². The molecule has 168 valence electrons. The van der Waals surface area contributed by atoms with Gasteiger partial charge in [-0.2, -0.15) is 0 Å². The third-order valence-corrected chi connectivity index (χ3v) is 6.42. The smallest absolute Gasteiger partial charge is 0.234 e. The maximum absolute atomic E-state index is 12.5. The van der Waals surface area contributed by atoms with Crippen LogP contribution < -0.4 is 10.6 Å². The molecule has 0 unspecified atom stereocenters. The minimum absolute atomic E-state index is 0.109. The van der Waals surface area contributed by atoms with Crippen molar-refractivity contribution in [1.82, 2.24) is 14.8 Å². The molecule has 0 fully saturated rings. The molecule has 6 nitrogen and oxygen atoms in total. The highest BCUT2D eigenvalue weighted by atomic mass is 35.5. The molecule has 33 heavy (non-hydrogen) atoms. The summed E-state index contributed by atoms with van der Waals surface area (Å²) in [5.41, 5.74) is 3.64. The number of amides is 1. The molecule has 4 rings (SSSR count). The van der Waals surface area contributed by atoms with E-state index in [9.17, 15) is 4.79 Å². The van der Waals surface area contributed by atoms with Crippen LogP contribution in [0.5, 0.6) is 0 Å². The van der Waals surface area contributed by atoms with Crippen LogP contribution >= 0.6 is 35.0 Å². The van der Waals surface area contributed by atoms with E-state index < -0.39 is 0 Å². The molecule has 0 aliphatic carbocycles. The Balaban J connectivity index is 1.49. The Labute approximate surface area is 206 Å². The first kappa shape index (κ1) is 23.2. The minimum atomic E-state index is -0.109. The summed E-state index contributed by atoms with van der Waals surface area (Å²) in [7, 11) is 0. The van der Waals surface area contributed by atoms with Crippen LogP contribution in [0.2, 0.25) is 10.0 Å². The lowest BCUT2D eigenvalue weighted by atomic mass is 10.2. The second-order valence-corrected chi connectivity index (χ2v) is 9.01. The van der Waals surface area contributed by atoms with Gasteiger partial charge in [0.25, 0.3) is 0 Å². The molecular formula is C24H21Cl2N5OS. The fraction of sp³-hybridized carbons (Fsp3) is 0.125. The zero-order chi connectivity index (χ0) is 23.2. The van der Waals surface area contributed by atoms with E-state index >= 15 is 0 Å². The Morgan fingerprint density at radius 2 is 1.67 bits per heavy atom. The quantitative estimate of drug-likeness (QED) is 0.282. The number of aromatic nitrogens is 3. The van der Waals surface area contributed by atoms with Gasteiger partial charge >= 0.3 is 0 Å². The second kappa shape index (κ2) is 10.7. The van der Waals surface area contributed by atoms with Gasteiger partial charge in [-0.05, 0) is 49.4 Å². The van der Waals surface area contributed by atoms with Gasteiger partial charge in [-0.15, -0.1) is 10.2 Å². The van der Waals surface area contributed by atoms with Crippen LogP contribution in [0.4, 0.5) is 11.4 Å². The normalized spacial score (nSPS) is 10.8. The summed E-state index contributed by atoms with van der Waals surface area (Å²) in [6.07, 6.45) is 0. The predicted molar refractivity (Wildman–Crippen MR) is 136 cm³/mol. The maximum atomic E-state index is 12.5. The molecule has 0 aliphatic rings. The average molecular weight is 498 g/mol. The molecule has 0 spiro atoms. The van der Waals surface area contributed by atoms with Gasteiger partial charge in [0.2, 0.25) is 5.91 Å². The Morgan fingerprint density at radius 3 is 2.39 bits per heavy atom. The van der Waals surface area contributed by atoms with Crippen LogP contribution in [0.25, 0.3) is 5.69 Å². The Morgan fingerprint density at radius 1 is 0.939 bits per heavy atom. The van der Waals surface area contributed by atoms with Crippen LogP contribution in [0.1, 0.15) is 11.4 Å². The topological polar surface area (TPSA) is 71.8 Å². The number of thioether (sulfide) groups is 1. The molecule has 1 heterocycles. The first-order chi connectivity index (χ1) is 16.0. The zero-order valence-corrected chi connectivity index (χ0v) is 20.1. The largest absolute Gasteiger partial charge is 0.378 e. The van der Waals surface area contributed by atoms with E-state index in [0.29, 0.717) is 27.6 Å². The highest BCUT2D eigenvalue weighted by Crippen LogP contribution is 2.26. The summed E-state index contributed by atoms with van der Waals surface area (Å²) >= 11 is 13.5. The van der Waals surface area contributed by atoms with Crippen molar-refractivity contribution in [3.63, 3.8) is 0 Å². The molecule has 2 N–H and O–H groups in total. The van der Waals surface area contributed by atoms with Gasteiger partial charge in [0.05, 0.1) is 22.3 Å². The summed E-state index contributed by atoms with van der Waals surface area (Å²) in [6, 6.07) is 22.8. The molecule has 1 amide bonds. The van der Waals surface area contributed by atoms with Crippen LogP contribution in [0, 0.1) is 6.92 Å². The fourth-order valence-corrected chi connectivity index (χ4v) is 4.16. The number of aryl methyl sites for hydroxylation is 1. The number of hydrogen-bond acceptors (Lipinski definition) is 5. The van der Waals surface area contributed by atoms with E-state index in [1.165, 1.54) is 11.8 Å². The SMILES string of the molecule is Cc1ccc(NC(=O)CSc2nnc(CNc3ccc(Cl)c(Cl)c3)n2-c2ccccc2)cc1. The first-order valence-corrected chi connectivity index (χ1v) is 11.9. The number of para-hydroxylation sites is 1. The molecule has 3 aromatic carbocycles. The summed E-state index contributed by atoms with van der Waals surface area (Å²) in [6.45, 7) is 2.42. The summed E-state index contributed by atoms with van der Waals surface area (Å²) in [5, 5.41) is 16.5. The van der Waals surface area contributed by atoms with Gasteiger partial charge < -0.3 is 10.6 Å². The van der Waals surface area contributed by atoms with Crippen LogP contribution in [0.15, 0.2) is 78.0 Å². The van der Waals surface area contributed by atoms with Gasteiger partial charge in [-0.25, -0.2) is 0 Å². The number of anilines is 2. The Kier molecular flexibility index (Phi) is 7.54. The number of halogens is 2. The predicted octanol–water partition coefficient (Wildman–Crippen LogP) is 6.23. The van der Waals surface area contributed by atoms with E-state index in [4.69, 9.17) is 23.2 Å². The highest BCUT2D eigenvalue weighted by molar-refractivity contribution is 7.99. The van der Waals surface area contributed by atoms with E-state index in [1.807, 2.05) is 72.2 Å². The van der Waals surface area contributed by atoms with Gasteiger partial charge in [-0.3, -0.25) is 9.36 Å². The van der Waals surface area contributed by atoms with E-state index in [-0.39, 0.29) is 11.7 Å². The average Bonchev–Trinajstić information content (AvgIpc) is 3.23. The number of carbonyl (C=O) groups is 1. The first-order valence-electron chi connectivity index (χ1n) is 10.2. The molecule has 0 saturated carbocycles. The molecule has 1 aromatic heterocycles. The third kappa shape index (κ3) is 6.07. The fourth-order valence-electron chi connectivity index (χ4n) is 3.10. The van der Waals surface area contributed by atoms with Crippen molar-refractivity contribution in [2.24, 2.45) is 0 Å². The van der Waals surface area contributed by atoms with Crippen molar-refractivity contribution >= 4 is 52.2 Å². The Bertz CT molecular complexity index is 1250. The van der Waals surface area contributed by atoms with Gasteiger partial charge in [0.15, 0.2) is 11.0 Å². The number of nitrogens with one attached hydrogen (secondary N) is 2. The van der Waals surface area contributed by atoms with Gasteiger partial charge in [0, 0.05) is 17.1 Å². The van der Waals surface area contributed by atoms with Crippen molar-refractivity contribution in [3.05, 3.63) is 94.2 Å². The summed E-state index contributed by atoms with van der Waals surface area (Å²) in [4.78, 5) is 12.5. The zero-order valence-electron chi connectivity index (χ0n) is 17.8. The summed E-state index contributed by atoms with van der Waals surface area (Å²) < 4.78 is 1.94. The van der Waals surface area contributed by atoms with Crippen LogP contribution in [-0.4, -0.2) is 26.4 Å². The lowest BCUT2D eigenvalue weighted by Gasteiger charge is -2.12. The van der Waals surface area contributed by atoms with E-state index in [1.54, 1.807) is 12.1 Å².